The van der Waals surface area contributed by atoms with E-state index in [1.165, 1.54) is 11.1 Å². The maximum absolute atomic E-state index is 8.49. The van der Waals surface area contributed by atoms with E-state index in [9.17, 15) is 0 Å². The summed E-state index contributed by atoms with van der Waals surface area (Å²) in [6, 6.07) is 8.63. The Morgan fingerprint density at radius 2 is 2.06 bits per heavy atom. The Balaban J connectivity index is 2.69. The van der Waals surface area contributed by atoms with Crippen LogP contribution >= 0.6 is 0 Å². The van der Waals surface area contributed by atoms with E-state index in [2.05, 4.69) is 38.1 Å². The lowest BCUT2D eigenvalue weighted by atomic mass is 9.98. The number of hydrogen-bond acceptors (Lipinski definition) is 2. The summed E-state index contributed by atoms with van der Waals surface area (Å²) >= 11 is 0. The molecule has 0 saturated carbocycles. The zero-order valence-corrected chi connectivity index (χ0v) is 11.0. The Labute approximate surface area is 104 Å². The van der Waals surface area contributed by atoms with Crippen molar-refractivity contribution in [2.24, 2.45) is 0 Å². The highest BCUT2D eigenvalue weighted by Gasteiger charge is 2.06. The lowest BCUT2D eigenvalue weighted by molar-refractivity contribution is 0.408. The third-order valence-corrected chi connectivity index (χ3v) is 2.96. The fourth-order valence-electron chi connectivity index (χ4n) is 1.85. The molecule has 0 fully saturated rings. The van der Waals surface area contributed by atoms with E-state index in [1.54, 1.807) is 7.11 Å². The lowest BCUT2D eigenvalue weighted by Crippen LogP contribution is -1.96. The zero-order chi connectivity index (χ0) is 12.7. The summed E-state index contributed by atoms with van der Waals surface area (Å²) in [7, 11) is 1.72. The predicted octanol–water partition coefficient (Wildman–Crippen LogP) is 4.05. The van der Waals surface area contributed by atoms with E-state index >= 15 is 0 Å². The topological polar surface area (TPSA) is 33.0 Å². The number of hydrogen-bond donors (Lipinski definition) is 0. The minimum absolute atomic E-state index is 0.525. The molecule has 17 heavy (non-hydrogen) atoms. The first-order valence-electron chi connectivity index (χ1n) is 6.22. The Morgan fingerprint density at radius 1 is 1.29 bits per heavy atom. The van der Waals surface area contributed by atoms with Crippen molar-refractivity contribution in [3.63, 3.8) is 0 Å². The average Bonchev–Trinajstić information content (AvgIpc) is 2.34. The van der Waals surface area contributed by atoms with Gasteiger partial charge >= 0.3 is 0 Å². The largest absolute Gasteiger partial charge is 0.496 e. The summed E-state index contributed by atoms with van der Waals surface area (Å²) in [5.41, 5.74) is 2.55. The van der Waals surface area contributed by atoms with Crippen LogP contribution in [0.3, 0.4) is 0 Å². The minimum Gasteiger partial charge on any atom is -0.496 e. The molecule has 2 nitrogen and oxygen atoms in total. The van der Waals surface area contributed by atoms with Gasteiger partial charge in [0.2, 0.25) is 0 Å². The molecule has 0 atom stereocenters. The summed E-state index contributed by atoms with van der Waals surface area (Å²) in [6.07, 6.45) is 3.64. The van der Waals surface area contributed by atoms with E-state index < -0.39 is 0 Å². The number of methoxy groups -OCH3 is 1. The third-order valence-electron chi connectivity index (χ3n) is 2.96. The van der Waals surface area contributed by atoms with Crippen LogP contribution in [-0.2, 0) is 6.42 Å². The molecule has 0 unspecified atom stereocenters. The van der Waals surface area contributed by atoms with E-state index in [0.29, 0.717) is 12.3 Å². The summed E-state index contributed by atoms with van der Waals surface area (Å²) in [4.78, 5) is 0. The molecular weight excluding hydrogens is 210 g/mol. The van der Waals surface area contributed by atoms with Gasteiger partial charge < -0.3 is 4.74 Å². The van der Waals surface area contributed by atoms with Gasteiger partial charge in [0.25, 0.3) is 0 Å². The summed E-state index contributed by atoms with van der Waals surface area (Å²) in [5.74, 6) is 1.50. The Hall–Kier alpha value is -1.49. The number of ether oxygens (including phenoxy) is 1. The van der Waals surface area contributed by atoms with Crippen molar-refractivity contribution >= 4 is 0 Å². The van der Waals surface area contributed by atoms with Crippen molar-refractivity contribution in [1.82, 2.24) is 0 Å². The molecule has 0 spiro atoms. The van der Waals surface area contributed by atoms with Gasteiger partial charge in [-0.05, 0) is 42.4 Å². The highest BCUT2D eigenvalue weighted by Crippen LogP contribution is 2.26. The summed E-state index contributed by atoms with van der Waals surface area (Å²) in [5, 5.41) is 8.49. The van der Waals surface area contributed by atoms with Gasteiger partial charge in [0.05, 0.1) is 13.2 Å². The number of benzene rings is 1. The SMILES string of the molecule is COc1cc(C(C)C)ccc1CCCCC#N. The van der Waals surface area contributed by atoms with E-state index in [-0.39, 0.29) is 0 Å². The van der Waals surface area contributed by atoms with E-state index in [4.69, 9.17) is 10.00 Å². The van der Waals surface area contributed by atoms with Gasteiger partial charge in [-0.2, -0.15) is 5.26 Å². The van der Waals surface area contributed by atoms with Gasteiger partial charge in [-0.15, -0.1) is 0 Å². The minimum atomic E-state index is 0.525. The van der Waals surface area contributed by atoms with Crippen LogP contribution in [0.2, 0.25) is 0 Å². The molecule has 1 aromatic rings. The van der Waals surface area contributed by atoms with Crippen LogP contribution < -0.4 is 4.74 Å². The fourth-order valence-corrected chi connectivity index (χ4v) is 1.85. The average molecular weight is 231 g/mol. The van der Waals surface area contributed by atoms with Gasteiger partial charge in [0.15, 0.2) is 0 Å². The fraction of sp³-hybridized carbons (Fsp3) is 0.533. The number of nitriles is 1. The third kappa shape index (κ3) is 4.11. The molecule has 0 aromatic heterocycles. The molecule has 0 heterocycles. The normalized spacial score (nSPS) is 10.3. The predicted molar refractivity (Wildman–Crippen MR) is 70.3 cm³/mol. The standard InChI is InChI=1S/C15H21NO/c1-12(2)14-9-8-13(15(11-14)17-3)7-5-4-6-10-16/h8-9,11-12H,4-7H2,1-3H3. The second-order valence-corrected chi connectivity index (χ2v) is 4.59. The van der Waals surface area contributed by atoms with Crippen molar-refractivity contribution in [3.05, 3.63) is 29.3 Å². The van der Waals surface area contributed by atoms with Crippen LogP contribution in [0, 0.1) is 11.3 Å². The van der Waals surface area contributed by atoms with Crippen LogP contribution in [0.5, 0.6) is 5.75 Å². The highest BCUT2D eigenvalue weighted by atomic mass is 16.5. The molecule has 1 aromatic carbocycles. The first kappa shape index (κ1) is 13.6. The molecule has 0 saturated heterocycles. The van der Waals surface area contributed by atoms with Crippen molar-refractivity contribution in [1.29, 1.82) is 5.26 Å². The van der Waals surface area contributed by atoms with Crippen LogP contribution in [-0.4, -0.2) is 7.11 Å². The number of rotatable bonds is 6. The molecule has 2 heteroatoms. The van der Waals surface area contributed by atoms with E-state index in [0.717, 1.165) is 25.0 Å². The highest BCUT2D eigenvalue weighted by molar-refractivity contribution is 5.38. The Bertz CT molecular complexity index is 390. The van der Waals surface area contributed by atoms with Gasteiger partial charge in [-0.3, -0.25) is 0 Å². The first-order chi connectivity index (χ1) is 8.19. The zero-order valence-electron chi connectivity index (χ0n) is 11.0. The second-order valence-electron chi connectivity index (χ2n) is 4.59. The smallest absolute Gasteiger partial charge is 0.122 e. The molecule has 92 valence electrons. The monoisotopic (exact) mass is 231 g/mol. The molecule has 0 radical (unpaired) electrons. The molecule has 0 N–H and O–H groups in total. The summed E-state index contributed by atoms with van der Waals surface area (Å²) < 4.78 is 5.43. The molecule has 0 aliphatic heterocycles. The maximum Gasteiger partial charge on any atom is 0.122 e. The van der Waals surface area contributed by atoms with Gasteiger partial charge in [-0.1, -0.05) is 26.0 Å². The van der Waals surface area contributed by atoms with Crippen LogP contribution in [0.25, 0.3) is 0 Å². The lowest BCUT2D eigenvalue weighted by Gasteiger charge is -2.12. The van der Waals surface area contributed by atoms with Gasteiger partial charge in [0, 0.05) is 6.42 Å². The molecular formula is C15H21NO. The molecule has 1 rings (SSSR count). The number of nitrogens with zero attached hydrogens (tertiary/aromatic N) is 1. The molecule has 0 aliphatic rings. The first-order valence-corrected chi connectivity index (χ1v) is 6.22. The second kappa shape index (κ2) is 6.96. The van der Waals surface area contributed by atoms with Crippen molar-refractivity contribution < 1.29 is 4.74 Å². The Kier molecular flexibility index (Phi) is 5.56. The maximum atomic E-state index is 8.49. The summed E-state index contributed by atoms with van der Waals surface area (Å²) in [6.45, 7) is 4.36. The van der Waals surface area contributed by atoms with Crippen LogP contribution in [0.4, 0.5) is 0 Å². The number of unbranched alkanes of at least 4 members (excludes halogenated alkanes) is 2. The van der Waals surface area contributed by atoms with Crippen molar-refractivity contribution in [2.75, 3.05) is 7.11 Å². The van der Waals surface area contributed by atoms with E-state index in [1.807, 2.05) is 0 Å². The molecule has 0 aliphatic carbocycles. The van der Waals surface area contributed by atoms with Crippen molar-refractivity contribution in [2.45, 2.75) is 45.4 Å². The molecule has 0 bridgehead atoms. The quantitative estimate of drug-likeness (QED) is 0.692. The molecule has 0 amide bonds. The van der Waals surface area contributed by atoms with Crippen LogP contribution in [0.1, 0.15) is 50.2 Å². The Morgan fingerprint density at radius 3 is 2.65 bits per heavy atom. The van der Waals surface area contributed by atoms with Crippen molar-refractivity contribution in [3.8, 4) is 11.8 Å². The van der Waals surface area contributed by atoms with Gasteiger partial charge in [-0.25, -0.2) is 0 Å². The van der Waals surface area contributed by atoms with Crippen LogP contribution in [0.15, 0.2) is 18.2 Å². The van der Waals surface area contributed by atoms with Gasteiger partial charge in [0.1, 0.15) is 5.75 Å². The number of aryl methyl sites for hydroxylation is 1.